The second kappa shape index (κ2) is 3.14. The molecule has 2 heterocycles. The van der Waals surface area contributed by atoms with Gasteiger partial charge >= 0.3 is 0 Å². The van der Waals surface area contributed by atoms with Crippen molar-refractivity contribution in [1.29, 1.82) is 0 Å². The van der Waals surface area contributed by atoms with E-state index in [-0.39, 0.29) is 0 Å². The van der Waals surface area contributed by atoms with Crippen molar-refractivity contribution in [3.63, 3.8) is 0 Å². The normalized spacial score (nSPS) is 10.4. The average molecular weight is 188 g/mol. The maximum absolute atomic E-state index is 5.51. The lowest BCUT2D eigenvalue weighted by atomic mass is 10.2. The van der Waals surface area contributed by atoms with Crippen molar-refractivity contribution < 1.29 is 0 Å². The lowest BCUT2D eigenvalue weighted by Crippen LogP contribution is -1.95. The molecule has 0 unspecified atom stereocenters. The van der Waals surface area contributed by atoms with Crippen LogP contribution >= 0.6 is 0 Å². The second-order valence-electron chi connectivity index (χ2n) is 3.27. The van der Waals surface area contributed by atoms with E-state index >= 15 is 0 Å². The van der Waals surface area contributed by atoms with E-state index in [4.69, 9.17) is 5.73 Å². The Morgan fingerprint density at radius 2 is 2.14 bits per heavy atom. The third-order valence-corrected chi connectivity index (χ3v) is 2.08. The van der Waals surface area contributed by atoms with Crippen LogP contribution in [0.1, 0.15) is 5.69 Å². The molecule has 0 aliphatic heterocycles. The van der Waals surface area contributed by atoms with Gasteiger partial charge in [-0.25, -0.2) is 4.98 Å². The van der Waals surface area contributed by atoms with E-state index < -0.39 is 0 Å². The largest absolute Gasteiger partial charge is 0.384 e. The molecular formula is C10H12N4. The molecule has 0 amide bonds. The Bertz CT molecular complexity index is 442. The fourth-order valence-electron chi connectivity index (χ4n) is 1.44. The summed E-state index contributed by atoms with van der Waals surface area (Å²) in [7, 11) is 1.92. The number of hydrogen-bond acceptors (Lipinski definition) is 3. The smallest absolute Gasteiger partial charge is 0.123 e. The van der Waals surface area contributed by atoms with Gasteiger partial charge in [-0.1, -0.05) is 0 Å². The lowest BCUT2D eigenvalue weighted by Gasteiger charge is -2.00. The maximum Gasteiger partial charge on any atom is 0.123 e. The topological polar surface area (TPSA) is 56.7 Å². The van der Waals surface area contributed by atoms with Gasteiger partial charge in [0.15, 0.2) is 0 Å². The van der Waals surface area contributed by atoms with E-state index in [9.17, 15) is 0 Å². The first kappa shape index (κ1) is 8.74. The predicted molar refractivity (Wildman–Crippen MR) is 55.6 cm³/mol. The summed E-state index contributed by atoms with van der Waals surface area (Å²) in [5.74, 6) is 0.535. The molecule has 14 heavy (non-hydrogen) atoms. The summed E-state index contributed by atoms with van der Waals surface area (Å²) in [6, 6.07) is 5.75. The Morgan fingerprint density at radius 1 is 1.36 bits per heavy atom. The highest BCUT2D eigenvalue weighted by Crippen LogP contribution is 2.18. The lowest BCUT2D eigenvalue weighted by molar-refractivity contribution is 0.764. The summed E-state index contributed by atoms with van der Waals surface area (Å²) in [6.45, 7) is 1.97. The Kier molecular flexibility index (Phi) is 1.96. The zero-order valence-electron chi connectivity index (χ0n) is 8.23. The molecule has 0 fully saturated rings. The van der Waals surface area contributed by atoms with Crippen LogP contribution in [0.4, 0.5) is 5.82 Å². The van der Waals surface area contributed by atoms with Gasteiger partial charge in [0, 0.05) is 18.8 Å². The van der Waals surface area contributed by atoms with Crippen LogP contribution in [0.2, 0.25) is 0 Å². The first-order chi connectivity index (χ1) is 6.66. The van der Waals surface area contributed by atoms with Crippen molar-refractivity contribution >= 4 is 5.82 Å². The number of nitrogens with two attached hydrogens (primary N) is 1. The molecule has 0 aliphatic carbocycles. The molecule has 72 valence electrons. The molecule has 0 aliphatic rings. The van der Waals surface area contributed by atoms with Crippen molar-refractivity contribution in [2.75, 3.05) is 5.73 Å². The maximum atomic E-state index is 5.51. The highest BCUT2D eigenvalue weighted by atomic mass is 15.3. The highest BCUT2D eigenvalue weighted by molar-refractivity contribution is 5.60. The van der Waals surface area contributed by atoms with Crippen molar-refractivity contribution in [2.24, 2.45) is 7.05 Å². The first-order valence-corrected chi connectivity index (χ1v) is 4.39. The fraction of sp³-hybridized carbons (Fsp3) is 0.200. The molecule has 2 rings (SSSR count). The third kappa shape index (κ3) is 1.46. The number of anilines is 1. The molecule has 2 N–H and O–H groups in total. The van der Waals surface area contributed by atoms with E-state index in [0.29, 0.717) is 5.82 Å². The molecule has 0 saturated heterocycles. The Hall–Kier alpha value is -1.84. The van der Waals surface area contributed by atoms with Crippen LogP contribution in [0.15, 0.2) is 24.4 Å². The molecule has 0 radical (unpaired) electrons. The number of nitrogens with zero attached hydrogens (tertiary/aromatic N) is 3. The van der Waals surface area contributed by atoms with Crippen LogP contribution in [0.25, 0.3) is 11.3 Å². The van der Waals surface area contributed by atoms with Gasteiger partial charge in [-0.05, 0) is 25.1 Å². The summed E-state index contributed by atoms with van der Waals surface area (Å²) in [5.41, 5.74) is 8.59. The average Bonchev–Trinajstić information content (AvgIpc) is 2.47. The summed E-state index contributed by atoms with van der Waals surface area (Å²) >= 11 is 0. The first-order valence-electron chi connectivity index (χ1n) is 4.39. The summed E-state index contributed by atoms with van der Waals surface area (Å²) < 4.78 is 1.84. The van der Waals surface area contributed by atoms with Crippen LogP contribution in [-0.4, -0.2) is 14.8 Å². The van der Waals surface area contributed by atoms with Gasteiger partial charge in [0.1, 0.15) is 5.82 Å². The van der Waals surface area contributed by atoms with Gasteiger partial charge in [0.25, 0.3) is 0 Å². The van der Waals surface area contributed by atoms with Crippen LogP contribution in [-0.2, 0) is 7.05 Å². The van der Waals surface area contributed by atoms with Crippen LogP contribution in [0, 0.1) is 6.92 Å². The minimum atomic E-state index is 0.535. The van der Waals surface area contributed by atoms with Crippen LogP contribution < -0.4 is 5.73 Å². The highest BCUT2D eigenvalue weighted by Gasteiger charge is 2.04. The van der Waals surface area contributed by atoms with Gasteiger partial charge in [-0.2, -0.15) is 5.10 Å². The quantitative estimate of drug-likeness (QED) is 0.735. The minimum absolute atomic E-state index is 0.535. The molecule has 4 heteroatoms. The van der Waals surface area contributed by atoms with Crippen molar-refractivity contribution in [3.8, 4) is 11.3 Å². The van der Waals surface area contributed by atoms with Gasteiger partial charge in [-0.15, -0.1) is 0 Å². The molecule has 0 aromatic carbocycles. The minimum Gasteiger partial charge on any atom is -0.384 e. The molecule has 2 aromatic rings. The summed E-state index contributed by atoms with van der Waals surface area (Å²) in [4.78, 5) is 4.04. The number of aromatic nitrogens is 3. The monoisotopic (exact) mass is 188 g/mol. The van der Waals surface area contributed by atoms with E-state index in [1.807, 2.05) is 30.8 Å². The van der Waals surface area contributed by atoms with E-state index in [0.717, 1.165) is 17.0 Å². The van der Waals surface area contributed by atoms with E-state index in [1.165, 1.54) is 0 Å². The third-order valence-electron chi connectivity index (χ3n) is 2.08. The second-order valence-corrected chi connectivity index (χ2v) is 3.27. The van der Waals surface area contributed by atoms with Crippen LogP contribution in [0.3, 0.4) is 0 Å². The SMILES string of the molecule is Cc1cc(-c2ccc(N)nc2)n(C)n1. The molecule has 4 nitrogen and oxygen atoms in total. The number of aryl methyl sites for hydroxylation is 2. The zero-order chi connectivity index (χ0) is 10.1. The molecule has 2 aromatic heterocycles. The standard InChI is InChI=1S/C10H12N4/c1-7-5-9(14(2)13-7)8-3-4-10(11)12-6-8/h3-6H,1-2H3,(H2,11,12). The Labute approximate surface area is 82.4 Å². The number of pyridine rings is 1. The molecule has 0 atom stereocenters. The fourth-order valence-corrected chi connectivity index (χ4v) is 1.44. The zero-order valence-corrected chi connectivity index (χ0v) is 8.23. The van der Waals surface area contributed by atoms with Gasteiger partial charge < -0.3 is 5.73 Å². The van der Waals surface area contributed by atoms with E-state index in [2.05, 4.69) is 10.1 Å². The van der Waals surface area contributed by atoms with Crippen molar-refractivity contribution in [2.45, 2.75) is 6.92 Å². The van der Waals surface area contributed by atoms with E-state index in [1.54, 1.807) is 12.3 Å². The molecule has 0 spiro atoms. The Balaban J connectivity index is 2.49. The van der Waals surface area contributed by atoms with Crippen LogP contribution in [0.5, 0.6) is 0 Å². The number of hydrogen-bond donors (Lipinski definition) is 1. The van der Waals surface area contributed by atoms with Crippen molar-refractivity contribution in [1.82, 2.24) is 14.8 Å². The predicted octanol–water partition coefficient (Wildman–Crippen LogP) is 1.37. The Morgan fingerprint density at radius 3 is 2.64 bits per heavy atom. The number of nitrogen functional groups attached to an aromatic ring is 1. The summed E-state index contributed by atoms with van der Waals surface area (Å²) in [6.07, 6.45) is 1.76. The van der Waals surface area contributed by atoms with Gasteiger partial charge in [-0.3, -0.25) is 4.68 Å². The summed E-state index contributed by atoms with van der Waals surface area (Å²) in [5, 5.41) is 4.27. The van der Waals surface area contributed by atoms with Gasteiger partial charge in [0.2, 0.25) is 0 Å². The molecular weight excluding hydrogens is 176 g/mol. The van der Waals surface area contributed by atoms with Crippen molar-refractivity contribution in [3.05, 3.63) is 30.1 Å². The number of rotatable bonds is 1. The molecule has 0 saturated carbocycles. The van der Waals surface area contributed by atoms with Gasteiger partial charge in [0.05, 0.1) is 11.4 Å². The molecule has 0 bridgehead atoms.